The van der Waals surface area contributed by atoms with Gasteiger partial charge in [0.05, 0.1) is 31.5 Å². The van der Waals surface area contributed by atoms with Gasteiger partial charge in [-0.3, -0.25) is 9.59 Å². The second-order valence-electron chi connectivity index (χ2n) is 6.43. The largest absolute Gasteiger partial charge is 0.496 e. The van der Waals surface area contributed by atoms with E-state index in [0.717, 1.165) is 18.4 Å². The quantitative estimate of drug-likeness (QED) is 0.707. The maximum atomic E-state index is 12.5. The first-order valence-corrected chi connectivity index (χ1v) is 8.61. The Bertz CT molecular complexity index is 688. The van der Waals surface area contributed by atoms with Crippen molar-refractivity contribution in [2.24, 2.45) is 5.92 Å². The van der Waals surface area contributed by atoms with Crippen LogP contribution in [0.3, 0.4) is 0 Å². The van der Waals surface area contributed by atoms with Gasteiger partial charge in [0, 0.05) is 12.2 Å². The van der Waals surface area contributed by atoms with Crippen molar-refractivity contribution >= 4 is 11.6 Å². The van der Waals surface area contributed by atoms with E-state index in [9.17, 15) is 9.59 Å². The van der Waals surface area contributed by atoms with Crippen LogP contribution in [-0.4, -0.2) is 32.4 Å². The molecule has 2 rings (SSSR count). The lowest BCUT2D eigenvalue weighted by Crippen LogP contribution is -2.18. The summed E-state index contributed by atoms with van der Waals surface area (Å²) < 4.78 is 16.9. The first-order chi connectivity index (χ1) is 11.9. The van der Waals surface area contributed by atoms with E-state index in [0.29, 0.717) is 24.0 Å². The smallest absolute Gasteiger partial charge is 0.190 e. The van der Waals surface area contributed by atoms with Gasteiger partial charge >= 0.3 is 0 Å². The van der Waals surface area contributed by atoms with Crippen LogP contribution in [0.4, 0.5) is 0 Å². The number of ether oxygens (including phenoxy) is 3. The van der Waals surface area contributed by atoms with E-state index in [1.54, 1.807) is 6.07 Å². The van der Waals surface area contributed by atoms with Gasteiger partial charge in [0.15, 0.2) is 11.6 Å². The van der Waals surface area contributed by atoms with Crippen LogP contribution < -0.4 is 9.47 Å². The molecule has 0 N–H and O–H groups in total. The van der Waals surface area contributed by atoms with Crippen LogP contribution in [0.15, 0.2) is 18.2 Å². The van der Waals surface area contributed by atoms with E-state index in [2.05, 4.69) is 13.8 Å². The van der Waals surface area contributed by atoms with Crippen LogP contribution in [0.2, 0.25) is 0 Å². The lowest BCUT2D eigenvalue weighted by Gasteiger charge is -2.25. The fraction of sp³-hybridized carbons (Fsp3) is 0.500. The molecule has 5 nitrogen and oxygen atoms in total. The van der Waals surface area contributed by atoms with Crippen molar-refractivity contribution in [3.8, 4) is 11.5 Å². The van der Waals surface area contributed by atoms with Crippen molar-refractivity contribution in [3.63, 3.8) is 0 Å². The van der Waals surface area contributed by atoms with E-state index >= 15 is 0 Å². The summed E-state index contributed by atoms with van der Waals surface area (Å²) in [6.45, 7) is 6.78. The van der Waals surface area contributed by atoms with Crippen molar-refractivity contribution < 1.29 is 23.8 Å². The Morgan fingerprint density at radius 2 is 1.60 bits per heavy atom. The molecule has 0 spiro atoms. The van der Waals surface area contributed by atoms with Crippen molar-refractivity contribution in [1.82, 2.24) is 0 Å². The van der Waals surface area contributed by atoms with Crippen LogP contribution in [-0.2, 0) is 4.74 Å². The molecule has 0 aromatic heterocycles. The first-order valence-electron chi connectivity index (χ1n) is 8.61. The third-order valence-corrected chi connectivity index (χ3v) is 4.30. The van der Waals surface area contributed by atoms with E-state index in [4.69, 9.17) is 14.2 Å². The number of allylic oxidation sites excluding steroid dienone is 2. The maximum Gasteiger partial charge on any atom is 0.190 e. The number of hydrogen-bond donors (Lipinski definition) is 0. The Morgan fingerprint density at radius 1 is 0.960 bits per heavy atom. The summed E-state index contributed by atoms with van der Waals surface area (Å²) in [6, 6.07) is 1.77. The van der Waals surface area contributed by atoms with Gasteiger partial charge in [0.1, 0.15) is 11.5 Å². The van der Waals surface area contributed by atoms with Crippen molar-refractivity contribution in [3.05, 3.63) is 34.9 Å². The molecular weight excluding hydrogens is 320 g/mol. The van der Waals surface area contributed by atoms with E-state index in [-0.39, 0.29) is 28.8 Å². The minimum absolute atomic E-state index is 0.227. The molecule has 0 amide bonds. The topological polar surface area (TPSA) is 61.8 Å². The number of ketones is 2. The Balaban J connectivity index is 2.63. The number of hydrogen-bond acceptors (Lipinski definition) is 5. The number of rotatable bonds is 8. The average Bonchev–Trinajstić information content (AvgIpc) is 2.60. The average molecular weight is 346 g/mol. The second kappa shape index (κ2) is 8.30. The van der Waals surface area contributed by atoms with Gasteiger partial charge in [-0.05, 0) is 43.9 Å². The molecule has 0 radical (unpaired) electrons. The van der Waals surface area contributed by atoms with Gasteiger partial charge in [0.2, 0.25) is 0 Å². The fourth-order valence-corrected chi connectivity index (χ4v) is 3.09. The summed E-state index contributed by atoms with van der Waals surface area (Å²) in [5, 5.41) is 0. The molecule has 1 aliphatic carbocycles. The minimum atomic E-state index is -0.259. The number of fused-ring (bicyclic) bond motifs is 1. The van der Waals surface area contributed by atoms with Gasteiger partial charge in [-0.25, -0.2) is 0 Å². The summed E-state index contributed by atoms with van der Waals surface area (Å²) >= 11 is 0. The third kappa shape index (κ3) is 3.93. The molecule has 0 saturated carbocycles. The van der Waals surface area contributed by atoms with Crippen LogP contribution >= 0.6 is 0 Å². The maximum absolute atomic E-state index is 12.5. The zero-order valence-corrected chi connectivity index (χ0v) is 15.5. The second-order valence-corrected chi connectivity index (χ2v) is 6.43. The van der Waals surface area contributed by atoms with Gasteiger partial charge in [-0.15, -0.1) is 0 Å². The molecule has 0 heterocycles. The molecule has 5 heteroatoms. The van der Waals surface area contributed by atoms with Crippen LogP contribution in [0.5, 0.6) is 11.5 Å². The SMILES string of the molecule is CCOC(CCC(C)C)c1cc(OC)c2c(c1OC)C(=O)C=CC2=O. The van der Waals surface area contributed by atoms with E-state index in [1.165, 1.54) is 26.4 Å². The highest BCUT2D eigenvalue weighted by atomic mass is 16.5. The predicted octanol–water partition coefficient (Wildman–Crippen LogP) is 4.15. The molecule has 0 aliphatic heterocycles. The zero-order chi connectivity index (χ0) is 18.6. The summed E-state index contributed by atoms with van der Waals surface area (Å²) in [5.41, 5.74) is 1.27. The van der Waals surface area contributed by atoms with E-state index < -0.39 is 0 Å². The highest BCUT2D eigenvalue weighted by Gasteiger charge is 2.32. The van der Waals surface area contributed by atoms with Gasteiger partial charge in [-0.1, -0.05) is 13.8 Å². The van der Waals surface area contributed by atoms with Gasteiger partial charge in [0.25, 0.3) is 0 Å². The summed E-state index contributed by atoms with van der Waals surface area (Å²) in [6.07, 6.45) is 4.09. The highest BCUT2D eigenvalue weighted by molar-refractivity contribution is 6.24. The molecule has 25 heavy (non-hydrogen) atoms. The van der Waals surface area contributed by atoms with Gasteiger partial charge in [-0.2, -0.15) is 0 Å². The van der Waals surface area contributed by atoms with Gasteiger partial charge < -0.3 is 14.2 Å². The third-order valence-electron chi connectivity index (χ3n) is 4.30. The zero-order valence-electron chi connectivity index (χ0n) is 15.5. The molecule has 1 atom stereocenters. The van der Waals surface area contributed by atoms with Crippen LogP contribution in [0.1, 0.15) is 66.0 Å². The molecule has 1 unspecified atom stereocenters. The predicted molar refractivity (Wildman–Crippen MR) is 95.8 cm³/mol. The molecule has 1 aromatic carbocycles. The Kier molecular flexibility index (Phi) is 6.37. The van der Waals surface area contributed by atoms with Crippen molar-refractivity contribution in [2.75, 3.05) is 20.8 Å². The Labute approximate surface area is 149 Å². The molecule has 0 saturated heterocycles. The summed E-state index contributed by atoms with van der Waals surface area (Å²) in [5.74, 6) is 0.792. The molecule has 1 aromatic rings. The normalized spacial score (nSPS) is 14.6. The summed E-state index contributed by atoms with van der Waals surface area (Å²) in [7, 11) is 3.00. The molecule has 0 fully saturated rings. The molecule has 136 valence electrons. The van der Waals surface area contributed by atoms with Crippen LogP contribution in [0.25, 0.3) is 0 Å². The number of benzene rings is 1. The number of methoxy groups -OCH3 is 2. The Morgan fingerprint density at radius 3 is 2.12 bits per heavy atom. The number of carbonyl (C=O) groups is 2. The molecule has 0 bridgehead atoms. The standard InChI is InChI=1S/C20H26O5/c1-6-25-16(10-7-12(2)3)13-11-17(23-4)18-14(21)8-9-15(22)19(18)20(13)24-5/h8-9,11-12,16H,6-7,10H2,1-5H3. The molecule has 1 aliphatic rings. The van der Waals surface area contributed by atoms with Crippen molar-refractivity contribution in [1.29, 1.82) is 0 Å². The minimum Gasteiger partial charge on any atom is -0.496 e. The number of carbonyl (C=O) groups excluding carboxylic acids is 2. The van der Waals surface area contributed by atoms with Crippen molar-refractivity contribution in [2.45, 2.75) is 39.7 Å². The fourth-order valence-electron chi connectivity index (χ4n) is 3.09. The summed E-state index contributed by atoms with van der Waals surface area (Å²) in [4.78, 5) is 24.8. The Hall–Kier alpha value is -2.14. The van der Waals surface area contributed by atoms with E-state index in [1.807, 2.05) is 6.92 Å². The van der Waals surface area contributed by atoms with Crippen LogP contribution in [0, 0.1) is 5.92 Å². The first kappa shape index (κ1) is 19.2. The lowest BCUT2D eigenvalue weighted by atomic mass is 9.88. The monoisotopic (exact) mass is 346 g/mol. The lowest BCUT2D eigenvalue weighted by molar-refractivity contribution is 0.0502. The molecular formula is C20H26O5. The highest BCUT2D eigenvalue weighted by Crippen LogP contribution is 2.42.